The predicted octanol–water partition coefficient (Wildman–Crippen LogP) is 1.48. The van der Waals surface area contributed by atoms with E-state index in [4.69, 9.17) is 5.73 Å². The van der Waals surface area contributed by atoms with Crippen molar-refractivity contribution < 1.29 is 0 Å². The van der Waals surface area contributed by atoms with Crippen molar-refractivity contribution >= 4 is 37.2 Å². The molecule has 1 heterocycles. The molecule has 102 valence electrons. The highest BCUT2D eigenvalue weighted by atomic mass is 35.5. The van der Waals surface area contributed by atoms with E-state index in [2.05, 4.69) is 23.9 Å². The second-order valence-corrected chi connectivity index (χ2v) is 4.30. The largest absolute Gasteiger partial charge is 0.329 e. The highest BCUT2D eigenvalue weighted by Gasteiger charge is 2.17. The summed E-state index contributed by atoms with van der Waals surface area (Å²) in [5, 5.41) is 0. The van der Waals surface area contributed by atoms with E-state index in [1.807, 2.05) is 0 Å². The van der Waals surface area contributed by atoms with Crippen LogP contribution in [0.15, 0.2) is 0 Å². The second-order valence-electron chi connectivity index (χ2n) is 4.30. The lowest BCUT2D eigenvalue weighted by Gasteiger charge is -2.31. The van der Waals surface area contributed by atoms with E-state index in [1.165, 1.54) is 32.5 Å². The van der Waals surface area contributed by atoms with Crippen molar-refractivity contribution in [3.8, 4) is 0 Å². The van der Waals surface area contributed by atoms with Crippen LogP contribution in [0.5, 0.6) is 0 Å². The molecule has 0 radical (unpaired) electrons. The van der Waals surface area contributed by atoms with E-state index in [0.29, 0.717) is 0 Å². The number of halogens is 3. The molecule has 1 aliphatic heterocycles. The lowest BCUT2D eigenvalue weighted by atomic mass is 9.97. The van der Waals surface area contributed by atoms with E-state index in [-0.39, 0.29) is 37.2 Å². The van der Waals surface area contributed by atoms with E-state index in [9.17, 15) is 0 Å². The van der Waals surface area contributed by atoms with Gasteiger partial charge < -0.3 is 15.5 Å². The minimum atomic E-state index is 0. The summed E-state index contributed by atoms with van der Waals surface area (Å²) < 4.78 is 0. The molecule has 0 unspecified atom stereocenters. The number of piperidine rings is 1. The standard InChI is InChI=1S/C10H23N3.3ClH/c1-12-6-3-10(4-7-12)9-13(2)8-5-11;;;/h10H,3-9,11H2,1-2H3;3*1H. The molecule has 0 atom stereocenters. The zero-order valence-corrected chi connectivity index (χ0v) is 12.7. The Morgan fingerprint density at radius 1 is 1.19 bits per heavy atom. The van der Waals surface area contributed by atoms with Gasteiger partial charge >= 0.3 is 0 Å². The molecule has 3 nitrogen and oxygen atoms in total. The van der Waals surface area contributed by atoms with Crippen LogP contribution in [0.25, 0.3) is 0 Å². The lowest BCUT2D eigenvalue weighted by Crippen LogP contribution is -2.37. The van der Waals surface area contributed by atoms with Gasteiger partial charge in [-0.2, -0.15) is 0 Å². The Morgan fingerprint density at radius 3 is 2.12 bits per heavy atom. The van der Waals surface area contributed by atoms with Crippen molar-refractivity contribution in [1.29, 1.82) is 0 Å². The van der Waals surface area contributed by atoms with Gasteiger partial charge in [0.05, 0.1) is 0 Å². The molecule has 0 saturated carbocycles. The van der Waals surface area contributed by atoms with Gasteiger partial charge in [-0.15, -0.1) is 37.2 Å². The number of likely N-dealkylation sites (N-methyl/N-ethyl adjacent to an activating group) is 1. The highest BCUT2D eigenvalue weighted by Crippen LogP contribution is 2.16. The van der Waals surface area contributed by atoms with Crippen LogP contribution >= 0.6 is 37.2 Å². The number of hydrogen-bond donors (Lipinski definition) is 1. The molecule has 0 aromatic carbocycles. The molecule has 6 heteroatoms. The molecule has 1 saturated heterocycles. The zero-order valence-electron chi connectivity index (χ0n) is 10.2. The molecule has 16 heavy (non-hydrogen) atoms. The molecule has 2 N–H and O–H groups in total. The topological polar surface area (TPSA) is 32.5 Å². The van der Waals surface area contributed by atoms with Crippen molar-refractivity contribution in [3.63, 3.8) is 0 Å². The molecular formula is C10H26Cl3N3. The van der Waals surface area contributed by atoms with Crippen LogP contribution in [0, 0.1) is 5.92 Å². The Labute approximate surface area is 118 Å². The third-order valence-electron chi connectivity index (χ3n) is 2.92. The third kappa shape index (κ3) is 8.85. The quantitative estimate of drug-likeness (QED) is 0.852. The number of hydrogen-bond acceptors (Lipinski definition) is 3. The molecule has 0 spiro atoms. The fourth-order valence-electron chi connectivity index (χ4n) is 2.00. The summed E-state index contributed by atoms with van der Waals surface area (Å²) in [6.07, 6.45) is 2.71. The van der Waals surface area contributed by atoms with Crippen LogP contribution < -0.4 is 5.73 Å². The van der Waals surface area contributed by atoms with Crippen molar-refractivity contribution in [2.24, 2.45) is 11.7 Å². The first-order chi connectivity index (χ1) is 6.22. The molecule has 0 bridgehead atoms. The Morgan fingerprint density at radius 2 is 1.69 bits per heavy atom. The van der Waals surface area contributed by atoms with Gasteiger partial charge in [0.15, 0.2) is 0 Å². The maximum atomic E-state index is 5.51. The van der Waals surface area contributed by atoms with Crippen LogP contribution in [0.2, 0.25) is 0 Å². The molecule has 0 aromatic rings. The summed E-state index contributed by atoms with van der Waals surface area (Å²) in [6, 6.07) is 0. The molecule has 0 amide bonds. The van der Waals surface area contributed by atoms with E-state index < -0.39 is 0 Å². The Kier molecular flexibility index (Phi) is 16.8. The van der Waals surface area contributed by atoms with Gasteiger partial charge in [0.1, 0.15) is 0 Å². The van der Waals surface area contributed by atoms with Gasteiger partial charge in [-0.1, -0.05) is 0 Å². The van der Waals surface area contributed by atoms with Crippen molar-refractivity contribution in [2.45, 2.75) is 12.8 Å². The van der Waals surface area contributed by atoms with Crippen LogP contribution in [0.4, 0.5) is 0 Å². The predicted molar refractivity (Wildman–Crippen MR) is 78.5 cm³/mol. The highest BCUT2D eigenvalue weighted by molar-refractivity contribution is 5.86. The molecule has 1 fully saturated rings. The monoisotopic (exact) mass is 293 g/mol. The van der Waals surface area contributed by atoms with Gasteiger partial charge in [0, 0.05) is 19.6 Å². The maximum absolute atomic E-state index is 5.51. The summed E-state index contributed by atoms with van der Waals surface area (Å²) in [4.78, 5) is 4.77. The number of rotatable bonds is 4. The van der Waals surface area contributed by atoms with Crippen LogP contribution in [-0.4, -0.2) is 56.6 Å². The number of nitrogens with two attached hydrogens (primary N) is 1. The van der Waals surface area contributed by atoms with Crippen LogP contribution in [0.1, 0.15) is 12.8 Å². The zero-order chi connectivity index (χ0) is 9.68. The average molecular weight is 295 g/mol. The molecular weight excluding hydrogens is 268 g/mol. The third-order valence-corrected chi connectivity index (χ3v) is 2.92. The summed E-state index contributed by atoms with van der Waals surface area (Å²) in [6.45, 7) is 5.57. The fraction of sp³-hybridized carbons (Fsp3) is 1.00. The van der Waals surface area contributed by atoms with Crippen molar-refractivity contribution in [3.05, 3.63) is 0 Å². The summed E-state index contributed by atoms with van der Waals surface area (Å²) in [5.41, 5.74) is 5.51. The molecule has 1 aliphatic rings. The Bertz CT molecular complexity index is 141. The van der Waals surface area contributed by atoms with Crippen molar-refractivity contribution in [1.82, 2.24) is 9.80 Å². The van der Waals surface area contributed by atoms with Gasteiger partial charge in [0.2, 0.25) is 0 Å². The first-order valence-corrected chi connectivity index (χ1v) is 5.29. The van der Waals surface area contributed by atoms with Gasteiger partial charge in [-0.25, -0.2) is 0 Å². The van der Waals surface area contributed by atoms with E-state index in [0.717, 1.165) is 19.0 Å². The number of nitrogens with zero attached hydrogens (tertiary/aromatic N) is 2. The molecule has 1 rings (SSSR count). The minimum Gasteiger partial charge on any atom is -0.329 e. The van der Waals surface area contributed by atoms with E-state index >= 15 is 0 Å². The molecule has 0 aliphatic carbocycles. The lowest BCUT2D eigenvalue weighted by molar-refractivity contribution is 0.178. The SMILES string of the molecule is CN1CCC(CN(C)CCN)CC1.Cl.Cl.Cl. The fourth-order valence-corrected chi connectivity index (χ4v) is 2.00. The first-order valence-electron chi connectivity index (χ1n) is 5.29. The minimum absolute atomic E-state index is 0. The summed E-state index contributed by atoms with van der Waals surface area (Å²) in [5.74, 6) is 0.896. The Hall–Kier alpha value is 0.750. The molecule has 0 aromatic heterocycles. The normalized spacial score (nSPS) is 17.2. The van der Waals surface area contributed by atoms with Gasteiger partial charge in [-0.3, -0.25) is 0 Å². The summed E-state index contributed by atoms with van der Waals surface area (Å²) >= 11 is 0. The van der Waals surface area contributed by atoms with E-state index in [1.54, 1.807) is 0 Å². The van der Waals surface area contributed by atoms with Crippen molar-refractivity contribution in [2.75, 3.05) is 46.8 Å². The van der Waals surface area contributed by atoms with Crippen LogP contribution in [0.3, 0.4) is 0 Å². The first kappa shape index (κ1) is 22.0. The second kappa shape index (κ2) is 12.2. The van der Waals surface area contributed by atoms with Crippen LogP contribution in [-0.2, 0) is 0 Å². The summed E-state index contributed by atoms with van der Waals surface area (Å²) in [7, 11) is 4.38. The maximum Gasteiger partial charge on any atom is 0.0102 e. The smallest absolute Gasteiger partial charge is 0.0102 e. The van der Waals surface area contributed by atoms with Gasteiger partial charge in [0.25, 0.3) is 0 Å². The average Bonchev–Trinajstić information content (AvgIpc) is 2.09. The Balaban J connectivity index is -0.000000563. The van der Waals surface area contributed by atoms with Gasteiger partial charge in [-0.05, 0) is 45.9 Å². The number of likely N-dealkylation sites (tertiary alicyclic amines) is 1.